The lowest BCUT2D eigenvalue weighted by Crippen LogP contribution is -2.43. The maximum Gasteiger partial charge on any atom is 0.0236 e. The molecule has 0 spiro atoms. The normalized spacial score (nSPS) is 20.1. The van der Waals surface area contributed by atoms with Crippen LogP contribution in [0.15, 0.2) is 24.3 Å². The summed E-state index contributed by atoms with van der Waals surface area (Å²) in [6.45, 7) is 11.2. The average molecular weight is 289 g/mol. The molecule has 1 aliphatic heterocycles. The third-order valence-electron chi connectivity index (χ3n) is 4.61. The topological polar surface area (TPSA) is 18.5 Å². The van der Waals surface area contributed by atoms with E-state index in [4.69, 9.17) is 0 Å². The van der Waals surface area contributed by atoms with Gasteiger partial charge < -0.3 is 10.2 Å². The monoisotopic (exact) mass is 289 g/mol. The van der Waals surface area contributed by atoms with Crippen molar-refractivity contribution in [2.45, 2.75) is 45.8 Å². The van der Waals surface area contributed by atoms with Crippen molar-refractivity contribution >= 4 is 0 Å². The zero-order chi connectivity index (χ0) is 15.1. The zero-order valence-corrected chi connectivity index (χ0v) is 13.9. The molecule has 21 heavy (non-hydrogen) atoms. The molecule has 0 bridgehead atoms. The average Bonchev–Trinajstić information content (AvgIpc) is 2.51. The molecular weight excluding hydrogens is 258 g/mol. The van der Waals surface area contributed by atoms with Crippen LogP contribution in [0.4, 0.5) is 0 Å². The molecule has 1 saturated heterocycles. The van der Waals surface area contributed by atoms with Gasteiger partial charge in [-0.25, -0.2) is 0 Å². The highest BCUT2D eigenvalue weighted by atomic mass is 15.1. The summed E-state index contributed by atoms with van der Waals surface area (Å²) in [4.78, 5) is 4.91. The number of likely N-dealkylation sites (N-methyl/N-ethyl adjacent to an activating group) is 1. The third kappa shape index (κ3) is 5.10. The SMILES string of the molecule is CCN(CC)Cc1ccccc1CNC1CCCN(C)C1. The molecule has 1 aromatic rings. The van der Waals surface area contributed by atoms with Crippen molar-refractivity contribution in [1.82, 2.24) is 15.1 Å². The Bertz CT molecular complexity index is 415. The molecule has 1 aliphatic rings. The number of hydrogen-bond donors (Lipinski definition) is 1. The van der Waals surface area contributed by atoms with E-state index in [0.717, 1.165) is 26.2 Å². The number of piperidine rings is 1. The highest BCUT2D eigenvalue weighted by molar-refractivity contribution is 5.27. The molecule has 1 unspecified atom stereocenters. The number of benzene rings is 1. The van der Waals surface area contributed by atoms with Crippen molar-refractivity contribution in [1.29, 1.82) is 0 Å². The molecule has 1 heterocycles. The second-order valence-corrected chi connectivity index (χ2v) is 6.21. The van der Waals surface area contributed by atoms with Gasteiger partial charge in [0.2, 0.25) is 0 Å². The van der Waals surface area contributed by atoms with Crippen LogP contribution in [-0.4, -0.2) is 49.1 Å². The first-order chi connectivity index (χ1) is 10.2. The standard InChI is InChI=1S/C18H31N3/c1-4-21(5-2)14-17-10-7-6-9-16(17)13-19-18-11-8-12-20(3)15-18/h6-7,9-10,18-19H,4-5,8,11-15H2,1-3H3. The molecule has 118 valence electrons. The molecule has 1 N–H and O–H groups in total. The number of rotatable bonds is 7. The fraction of sp³-hybridized carbons (Fsp3) is 0.667. The summed E-state index contributed by atoms with van der Waals surface area (Å²) in [5.41, 5.74) is 2.93. The van der Waals surface area contributed by atoms with Crippen LogP contribution in [0.25, 0.3) is 0 Å². The van der Waals surface area contributed by atoms with E-state index in [2.05, 4.69) is 60.3 Å². The summed E-state index contributed by atoms with van der Waals surface area (Å²) in [5.74, 6) is 0. The van der Waals surface area contributed by atoms with E-state index >= 15 is 0 Å². The molecule has 1 aromatic carbocycles. The smallest absolute Gasteiger partial charge is 0.0236 e. The Morgan fingerprint density at radius 3 is 2.57 bits per heavy atom. The third-order valence-corrected chi connectivity index (χ3v) is 4.61. The summed E-state index contributed by atoms with van der Waals surface area (Å²) in [6, 6.07) is 9.53. The van der Waals surface area contributed by atoms with Crippen molar-refractivity contribution in [2.24, 2.45) is 0 Å². The van der Waals surface area contributed by atoms with Crippen LogP contribution >= 0.6 is 0 Å². The van der Waals surface area contributed by atoms with E-state index in [9.17, 15) is 0 Å². The minimum absolute atomic E-state index is 0.644. The van der Waals surface area contributed by atoms with Gasteiger partial charge in [0.25, 0.3) is 0 Å². The van der Waals surface area contributed by atoms with Crippen LogP contribution in [-0.2, 0) is 13.1 Å². The second-order valence-electron chi connectivity index (χ2n) is 6.21. The first-order valence-corrected chi connectivity index (χ1v) is 8.44. The fourth-order valence-electron chi connectivity index (χ4n) is 3.16. The Labute approximate surface area is 130 Å². The first kappa shape index (κ1) is 16.5. The highest BCUT2D eigenvalue weighted by Crippen LogP contribution is 2.14. The quantitative estimate of drug-likeness (QED) is 0.832. The molecule has 0 amide bonds. The van der Waals surface area contributed by atoms with E-state index < -0.39 is 0 Å². The van der Waals surface area contributed by atoms with Gasteiger partial charge in [-0.1, -0.05) is 38.1 Å². The van der Waals surface area contributed by atoms with E-state index in [-0.39, 0.29) is 0 Å². The summed E-state index contributed by atoms with van der Waals surface area (Å²) in [7, 11) is 2.22. The lowest BCUT2D eigenvalue weighted by atomic mass is 10.0. The maximum absolute atomic E-state index is 3.76. The first-order valence-electron chi connectivity index (χ1n) is 8.44. The Kier molecular flexibility index (Phi) is 6.68. The molecule has 0 saturated carbocycles. The molecule has 3 heteroatoms. The van der Waals surface area contributed by atoms with Crippen LogP contribution in [0, 0.1) is 0 Å². The van der Waals surface area contributed by atoms with Gasteiger partial charge in [0.1, 0.15) is 0 Å². The molecular formula is C18H31N3. The van der Waals surface area contributed by atoms with Gasteiger partial charge >= 0.3 is 0 Å². The Morgan fingerprint density at radius 1 is 1.19 bits per heavy atom. The van der Waals surface area contributed by atoms with Gasteiger partial charge in [-0.3, -0.25) is 4.90 Å². The predicted molar refractivity (Wildman–Crippen MR) is 90.4 cm³/mol. The maximum atomic E-state index is 3.76. The number of nitrogens with zero attached hydrogens (tertiary/aromatic N) is 2. The van der Waals surface area contributed by atoms with Gasteiger partial charge in [-0.05, 0) is 50.7 Å². The fourth-order valence-corrected chi connectivity index (χ4v) is 3.16. The number of likely N-dealkylation sites (tertiary alicyclic amines) is 1. The van der Waals surface area contributed by atoms with E-state index in [1.54, 1.807) is 0 Å². The molecule has 0 aromatic heterocycles. The lowest BCUT2D eigenvalue weighted by Gasteiger charge is -2.30. The van der Waals surface area contributed by atoms with Gasteiger partial charge in [0.05, 0.1) is 0 Å². The number of hydrogen-bond acceptors (Lipinski definition) is 3. The molecule has 0 aliphatic carbocycles. The second kappa shape index (κ2) is 8.52. The summed E-state index contributed by atoms with van der Waals surface area (Å²) in [6.07, 6.45) is 2.62. The van der Waals surface area contributed by atoms with Gasteiger partial charge in [0.15, 0.2) is 0 Å². The minimum Gasteiger partial charge on any atom is -0.309 e. The zero-order valence-electron chi connectivity index (χ0n) is 13.9. The van der Waals surface area contributed by atoms with E-state index in [0.29, 0.717) is 6.04 Å². The lowest BCUT2D eigenvalue weighted by molar-refractivity contribution is 0.226. The van der Waals surface area contributed by atoms with Crippen molar-refractivity contribution < 1.29 is 0 Å². The minimum atomic E-state index is 0.644. The van der Waals surface area contributed by atoms with Crippen molar-refractivity contribution in [3.63, 3.8) is 0 Å². The van der Waals surface area contributed by atoms with E-state index in [1.165, 1.54) is 37.1 Å². The summed E-state index contributed by atoms with van der Waals surface area (Å²) >= 11 is 0. The summed E-state index contributed by atoms with van der Waals surface area (Å²) < 4.78 is 0. The van der Waals surface area contributed by atoms with Crippen LogP contribution < -0.4 is 5.32 Å². The number of nitrogens with one attached hydrogen (secondary N) is 1. The van der Waals surface area contributed by atoms with Crippen LogP contribution in [0.1, 0.15) is 37.8 Å². The van der Waals surface area contributed by atoms with E-state index in [1.807, 2.05) is 0 Å². The van der Waals surface area contributed by atoms with Crippen LogP contribution in [0.5, 0.6) is 0 Å². The highest BCUT2D eigenvalue weighted by Gasteiger charge is 2.16. The van der Waals surface area contributed by atoms with Crippen LogP contribution in [0.3, 0.4) is 0 Å². The van der Waals surface area contributed by atoms with Crippen molar-refractivity contribution in [3.8, 4) is 0 Å². The van der Waals surface area contributed by atoms with Crippen molar-refractivity contribution in [2.75, 3.05) is 33.2 Å². The van der Waals surface area contributed by atoms with Crippen LogP contribution in [0.2, 0.25) is 0 Å². The molecule has 3 nitrogen and oxygen atoms in total. The Hall–Kier alpha value is -0.900. The molecule has 1 fully saturated rings. The summed E-state index contributed by atoms with van der Waals surface area (Å²) in [5, 5.41) is 3.76. The molecule has 1 atom stereocenters. The van der Waals surface area contributed by atoms with Gasteiger partial charge in [-0.15, -0.1) is 0 Å². The van der Waals surface area contributed by atoms with Gasteiger partial charge in [0, 0.05) is 25.7 Å². The predicted octanol–water partition coefficient (Wildman–Crippen LogP) is 2.71. The van der Waals surface area contributed by atoms with Crippen molar-refractivity contribution in [3.05, 3.63) is 35.4 Å². The van der Waals surface area contributed by atoms with Gasteiger partial charge in [-0.2, -0.15) is 0 Å². The Morgan fingerprint density at radius 2 is 1.90 bits per heavy atom. The molecule has 2 rings (SSSR count). The Balaban J connectivity index is 1.93. The largest absolute Gasteiger partial charge is 0.309 e. The molecule has 0 radical (unpaired) electrons.